The van der Waals surface area contributed by atoms with Crippen LogP contribution < -0.4 is 5.32 Å². The Morgan fingerprint density at radius 1 is 1.30 bits per heavy atom. The number of aryl methyl sites for hydroxylation is 1. The third-order valence-electron chi connectivity index (χ3n) is 2.97. The van der Waals surface area contributed by atoms with Crippen LogP contribution in [-0.4, -0.2) is 16.8 Å². The molecule has 0 saturated heterocycles. The summed E-state index contributed by atoms with van der Waals surface area (Å²) in [7, 11) is 0. The molecule has 0 spiro atoms. The minimum atomic E-state index is -0.486. The van der Waals surface area contributed by atoms with E-state index in [1.54, 1.807) is 37.3 Å². The van der Waals surface area contributed by atoms with Crippen LogP contribution in [0, 0.1) is 18.3 Å². The van der Waals surface area contributed by atoms with E-state index < -0.39 is 5.91 Å². The van der Waals surface area contributed by atoms with Crippen LogP contribution in [0.25, 0.3) is 11.3 Å². The third-order valence-corrected chi connectivity index (χ3v) is 2.97. The quantitative estimate of drug-likeness (QED) is 0.676. The Morgan fingerprint density at radius 2 is 2.00 bits per heavy atom. The van der Waals surface area contributed by atoms with Gasteiger partial charge >= 0.3 is 0 Å². The SMILES string of the molecule is CC(=O)CC(=O)N/C(=C(\C#N)c1cc(C)no1)c1ccccc1. The van der Waals surface area contributed by atoms with Crippen molar-refractivity contribution in [2.45, 2.75) is 20.3 Å². The second-order valence-corrected chi connectivity index (χ2v) is 4.99. The first-order valence-corrected chi connectivity index (χ1v) is 6.94. The maximum Gasteiger partial charge on any atom is 0.231 e. The van der Waals surface area contributed by atoms with E-state index in [2.05, 4.69) is 10.5 Å². The van der Waals surface area contributed by atoms with E-state index in [1.165, 1.54) is 6.92 Å². The van der Waals surface area contributed by atoms with Gasteiger partial charge in [0.1, 0.15) is 17.4 Å². The fourth-order valence-corrected chi connectivity index (χ4v) is 2.01. The number of ketones is 1. The number of hydrogen-bond donors (Lipinski definition) is 1. The van der Waals surface area contributed by atoms with Crippen molar-refractivity contribution in [3.8, 4) is 6.07 Å². The Hall–Kier alpha value is -3.20. The minimum Gasteiger partial charge on any atom is -0.355 e. The van der Waals surface area contributed by atoms with Crippen molar-refractivity contribution in [2.24, 2.45) is 0 Å². The maximum atomic E-state index is 12.0. The Labute approximate surface area is 133 Å². The van der Waals surface area contributed by atoms with E-state index in [9.17, 15) is 14.9 Å². The zero-order valence-corrected chi connectivity index (χ0v) is 12.8. The van der Waals surface area contributed by atoms with E-state index in [1.807, 2.05) is 12.1 Å². The molecule has 0 aliphatic rings. The van der Waals surface area contributed by atoms with Gasteiger partial charge in [0.15, 0.2) is 5.76 Å². The number of nitrogens with one attached hydrogen (secondary N) is 1. The molecule has 1 N–H and O–H groups in total. The fourth-order valence-electron chi connectivity index (χ4n) is 2.01. The molecule has 6 nitrogen and oxygen atoms in total. The van der Waals surface area contributed by atoms with Crippen LogP contribution in [0.1, 0.15) is 30.4 Å². The van der Waals surface area contributed by atoms with Crippen LogP contribution in [-0.2, 0) is 9.59 Å². The van der Waals surface area contributed by atoms with Gasteiger partial charge in [-0.25, -0.2) is 0 Å². The number of aromatic nitrogens is 1. The summed E-state index contributed by atoms with van der Waals surface area (Å²) in [5.41, 5.74) is 1.69. The number of rotatable bonds is 5. The number of hydrogen-bond acceptors (Lipinski definition) is 5. The standard InChI is InChI=1S/C17H15N3O3/c1-11-8-15(23-20-11)14(10-18)17(13-6-4-3-5-7-13)19-16(22)9-12(2)21/h3-8H,9H2,1-2H3,(H,19,22)/b17-14+. The molecule has 1 aromatic heterocycles. The number of nitrogens with zero attached hydrogens (tertiary/aromatic N) is 2. The lowest BCUT2D eigenvalue weighted by atomic mass is 10.0. The second kappa shape index (κ2) is 7.18. The number of carbonyl (C=O) groups is 2. The molecular weight excluding hydrogens is 294 g/mol. The Bertz CT molecular complexity index is 798. The van der Waals surface area contributed by atoms with Crippen molar-refractivity contribution < 1.29 is 14.1 Å². The molecule has 0 radical (unpaired) electrons. The molecule has 1 aromatic carbocycles. The summed E-state index contributed by atoms with van der Waals surface area (Å²) in [4.78, 5) is 23.1. The minimum absolute atomic E-state index is 0.147. The first-order chi connectivity index (χ1) is 11.0. The molecule has 0 bridgehead atoms. The summed E-state index contributed by atoms with van der Waals surface area (Å²) < 4.78 is 5.13. The highest BCUT2D eigenvalue weighted by atomic mass is 16.5. The van der Waals surface area contributed by atoms with Gasteiger partial charge in [0, 0.05) is 6.07 Å². The van der Waals surface area contributed by atoms with Gasteiger partial charge in [-0.3, -0.25) is 9.59 Å². The van der Waals surface area contributed by atoms with Crippen molar-refractivity contribution in [2.75, 3.05) is 0 Å². The van der Waals surface area contributed by atoms with E-state index >= 15 is 0 Å². The Balaban J connectivity index is 2.52. The average molecular weight is 309 g/mol. The van der Waals surface area contributed by atoms with Gasteiger partial charge < -0.3 is 9.84 Å². The summed E-state index contributed by atoms with van der Waals surface area (Å²) in [6.07, 6.45) is -0.259. The van der Waals surface area contributed by atoms with Gasteiger partial charge in [-0.1, -0.05) is 35.5 Å². The van der Waals surface area contributed by atoms with Crippen LogP contribution in [0.2, 0.25) is 0 Å². The summed E-state index contributed by atoms with van der Waals surface area (Å²) in [6, 6.07) is 12.5. The van der Waals surface area contributed by atoms with E-state index in [4.69, 9.17) is 4.52 Å². The molecule has 0 aliphatic heterocycles. The number of Topliss-reactive ketones (excluding diaryl/α,β-unsaturated/α-hetero) is 1. The monoisotopic (exact) mass is 309 g/mol. The molecule has 0 fully saturated rings. The molecule has 0 saturated carbocycles. The molecule has 0 aliphatic carbocycles. The van der Waals surface area contributed by atoms with Gasteiger partial charge in [-0.05, 0) is 19.4 Å². The number of amides is 1. The average Bonchev–Trinajstić information content (AvgIpc) is 2.93. The van der Waals surface area contributed by atoms with Crippen molar-refractivity contribution in [3.63, 3.8) is 0 Å². The smallest absolute Gasteiger partial charge is 0.231 e. The zero-order chi connectivity index (χ0) is 16.8. The van der Waals surface area contributed by atoms with Crippen LogP contribution in [0.5, 0.6) is 0 Å². The van der Waals surface area contributed by atoms with Gasteiger partial charge in [-0.15, -0.1) is 0 Å². The van der Waals surface area contributed by atoms with Crippen LogP contribution >= 0.6 is 0 Å². The topological polar surface area (TPSA) is 96.0 Å². The first kappa shape index (κ1) is 16.2. The van der Waals surface area contributed by atoms with Gasteiger partial charge in [0.2, 0.25) is 5.91 Å². The number of benzene rings is 1. The summed E-state index contributed by atoms with van der Waals surface area (Å²) in [6.45, 7) is 3.06. The zero-order valence-electron chi connectivity index (χ0n) is 12.8. The van der Waals surface area contributed by atoms with E-state index in [0.717, 1.165) is 0 Å². The fraction of sp³-hybridized carbons (Fsp3) is 0.176. The predicted molar refractivity (Wildman–Crippen MR) is 83.5 cm³/mol. The molecule has 0 unspecified atom stereocenters. The van der Waals surface area contributed by atoms with Gasteiger partial charge in [0.05, 0.1) is 17.8 Å². The largest absolute Gasteiger partial charge is 0.355 e. The summed E-state index contributed by atoms with van der Waals surface area (Å²) in [5, 5.41) is 15.9. The summed E-state index contributed by atoms with van der Waals surface area (Å²) >= 11 is 0. The molecule has 0 atom stereocenters. The lowest BCUT2D eigenvalue weighted by Gasteiger charge is -2.11. The van der Waals surface area contributed by atoms with Crippen molar-refractivity contribution >= 4 is 23.0 Å². The lowest BCUT2D eigenvalue weighted by molar-refractivity contribution is -0.126. The maximum absolute atomic E-state index is 12.0. The normalized spacial score (nSPS) is 11.3. The van der Waals surface area contributed by atoms with Crippen LogP contribution in [0.3, 0.4) is 0 Å². The lowest BCUT2D eigenvalue weighted by Crippen LogP contribution is -2.24. The highest BCUT2D eigenvalue weighted by molar-refractivity contribution is 6.05. The molecule has 116 valence electrons. The van der Waals surface area contributed by atoms with E-state index in [-0.39, 0.29) is 29.2 Å². The van der Waals surface area contributed by atoms with Crippen LogP contribution in [0.4, 0.5) is 0 Å². The van der Waals surface area contributed by atoms with Crippen LogP contribution in [0.15, 0.2) is 40.9 Å². The van der Waals surface area contributed by atoms with Crippen molar-refractivity contribution in [3.05, 3.63) is 53.4 Å². The number of allylic oxidation sites excluding steroid dienone is 1. The number of carbonyl (C=O) groups excluding carboxylic acids is 2. The molecule has 1 amide bonds. The van der Waals surface area contributed by atoms with Crippen molar-refractivity contribution in [1.29, 1.82) is 5.26 Å². The van der Waals surface area contributed by atoms with Gasteiger partial charge in [-0.2, -0.15) is 5.26 Å². The van der Waals surface area contributed by atoms with Gasteiger partial charge in [0.25, 0.3) is 0 Å². The highest BCUT2D eigenvalue weighted by Gasteiger charge is 2.18. The molecule has 2 aromatic rings. The molecule has 1 heterocycles. The van der Waals surface area contributed by atoms with Crippen molar-refractivity contribution in [1.82, 2.24) is 10.5 Å². The highest BCUT2D eigenvalue weighted by Crippen LogP contribution is 2.24. The molecular formula is C17H15N3O3. The Morgan fingerprint density at radius 3 is 2.52 bits per heavy atom. The number of nitriles is 1. The third kappa shape index (κ3) is 4.14. The summed E-state index contributed by atoms with van der Waals surface area (Å²) in [5.74, 6) is -0.490. The molecule has 6 heteroatoms. The second-order valence-electron chi connectivity index (χ2n) is 4.99. The predicted octanol–water partition coefficient (Wildman–Crippen LogP) is 2.47. The molecule has 2 rings (SSSR count). The van der Waals surface area contributed by atoms with E-state index in [0.29, 0.717) is 11.3 Å². The molecule has 23 heavy (non-hydrogen) atoms. The first-order valence-electron chi connectivity index (χ1n) is 6.94. The Kier molecular flexibility index (Phi) is 5.05.